The summed E-state index contributed by atoms with van der Waals surface area (Å²) in [4.78, 5) is 10.7. The molecule has 2 nitrogen and oxygen atoms in total. The van der Waals surface area contributed by atoms with Crippen molar-refractivity contribution in [1.82, 2.24) is 0 Å². The Balaban J connectivity index is 5.23. The first kappa shape index (κ1) is 11.5. The second-order valence-corrected chi connectivity index (χ2v) is 3.13. The van der Waals surface area contributed by atoms with Crippen molar-refractivity contribution in [2.24, 2.45) is 0 Å². The molecule has 1 N–H and O–H groups in total. The monoisotopic (exact) mass is 178 g/mol. The van der Waals surface area contributed by atoms with E-state index in [0.717, 1.165) is 11.1 Å². The Bertz CT molecular complexity index is 325. The predicted octanol–water partition coefficient (Wildman–Crippen LogP) is 2.68. The molecule has 0 heterocycles. The van der Waals surface area contributed by atoms with Gasteiger partial charge in [-0.2, -0.15) is 0 Å². The molecule has 0 aliphatic heterocycles. The smallest absolute Gasteiger partial charge is 0.344 e. The Morgan fingerprint density at radius 1 is 1.15 bits per heavy atom. The van der Waals surface area contributed by atoms with Gasteiger partial charge in [-0.3, -0.25) is 0 Å². The Morgan fingerprint density at radius 2 is 1.69 bits per heavy atom. The van der Waals surface area contributed by atoms with Gasteiger partial charge in [0.05, 0.1) is 0 Å². The summed E-state index contributed by atoms with van der Waals surface area (Å²) in [5, 5.41) is 8.74. The van der Waals surface area contributed by atoms with Crippen LogP contribution in [0.15, 0.2) is 34.3 Å². The quantitative estimate of drug-likeness (QED) is 0.401. The maximum Gasteiger partial charge on any atom is 0.344 e. The average Bonchev–Trinajstić information content (AvgIpc) is 1.96. The van der Waals surface area contributed by atoms with Gasteiger partial charge < -0.3 is 5.11 Å². The summed E-state index contributed by atoms with van der Waals surface area (Å²) < 4.78 is 0. The Labute approximate surface area is 78.6 Å². The number of carboxylic acid groups (broad SMARTS) is 1. The summed E-state index contributed by atoms with van der Waals surface area (Å²) in [5.41, 5.74) is 7.48. The van der Waals surface area contributed by atoms with Crippen molar-refractivity contribution >= 4 is 5.97 Å². The molecular formula is C11H14O2. The molecule has 0 radical (unpaired) electrons. The Kier molecular flexibility index (Phi) is 4.61. The SMILES string of the molecule is CC(C)=C=CC(=C=C(C)C)C(=O)O. The maximum absolute atomic E-state index is 10.7. The third-order valence-corrected chi connectivity index (χ3v) is 1.12. The number of carbonyl (C=O) groups is 1. The van der Waals surface area contributed by atoms with Gasteiger partial charge in [0.1, 0.15) is 5.57 Å². The lowest BCUT2D eigenvalue weighted by molar-refractivity contribution is -0.132. The van der Waals surface area contributed by atoms with Crippen LogP contribution in [-0.2, 0) is 4.79 Å². The summed E-state index contributed by atoms with van der Waals surface area (Å²) in [6.07, 6.45) is 1.44. The maximum atomic E-state index is 10.7. The lowest BCUT2D eigenvalue weighted by Crippen LogP contribution is -1.95. The predicted molar refractivity (Wildman–Crippen MR) is 52.5 cm³/mol. The van der Waals surface area contributed by atoms with Crippen LogP contribution in [0.25, 0.3) is 0 Å². The molecule has 0 bridgehead atoms. The highest BCUT2D eigenvalue weighted by molar-refractivity contribution is 5.89. The lowest BCUT2D eigenvalue weighted by atomic mass is 10.2. The van der Waals surface area contributed by atoms with Crippen LogP contribution in [0.3, 0.4) is 0 Å². The topological polar surface area (TPSA) is 37.3 Å². The largest absolute Gasteiger partial charge is 0.477 e. The third-order valence-electron chi connectivity index (χ3n) is 1.12. The second kappa shape index (κ2) is 5.21. The zero-order chi connectivity index (χ0) is 10.4. The van der Waals surface area contributed by atoms with Crippen molar-refractivity contribution in [1.29, 1.82) is 0 Å². The molecule has 0 saturated carbocycles. The van der Waals surface area contributed by atoms with Crippen molar-refractivity contribution in [3.63, 3.8) is 0 Å². The first-order chi connectivity index (χ1) is 5.93. The minimum Gasteiger partial charge on any atom is -0.477 e. The summed E-state index contributed by atoms with van der Waals surface area (Å²) in [6, 6.07) is 0. The minimum absolute atomic E-state index is 0.140. The molecule has 13 heavy (non-hydrogen) atoms. The normalized spacial score (nSPS) is 8.00. The molecule has 0 aromatic heterocycles. The number of hydrogen-bond acceptors (Lipinski definition) is 1. The molecule has 0 unspecified atom stereocenters. The zero-order valence-electron chi connectivity index (χ0n) is 8.43. The van der Waals surface area contributed by atoms with E-state index >= 15 is 0 Å². The fraction of sp³-hybridized carbons (Fsp3) is 0.364. The van der Waals surface area contributed by atoms with Crippen molar-refractivity contribution in [2.75, 3.05) is 0 Å². The van der Waals surface area contributed by atoms with Gasteiger partial charge in [-0.05, 0) is 38.8 Å². The molecule has 0 aromatic carbocycles. The lowest BCUT2D eigenvalue weighted by Gasteiger charge is -1.88. The van der Waals surface area contributed by atoms with Crippen LogP contribution in [0, 0.1) is 0 Å². The fourth-order valence-electron chi connectivity index (χ4n) is 0.637. The van der Waals surface area contributed by atoms with Crippen LogP contribution >= 0.6 is 0 Å². The molecule has 0 aromatic rings. The highest BCUT2D eigenvalue weighted by atomic mass is 16.4. The van der Waals surface area contributed by atoms with Gasteiger partial charge in [-0.25, -0.2) is 4.79 Å². The molecule has 2 heteroatoms. The molecule has 0 rings (SSSR count). The van der Waals surface area contributed by atoms with E-state index in [1.165, 1.54) is 6.08 Å². The van der Waals surface area contributed by atoms with Crippen LogP contribution in [-0.4, -0.2) is 11.1 Å². The number of carboxylic acids is 1. The van der Waals surface area contributed by atoms with Gasteiger partial charge in [-0.1, -0.05) is 0 Å². The third kappa shape index (κ3) is 5.75. The van der Waals surface area contributed by atoms with Crippen LogP contribution in [0.4, 0.5) is 0 Å². The summed E-state index contributed by atoms with van der Waals surface area (Å²) in [6.45, 7) is 7.33. The molecule has 0 amide bonds. The molecule has 0 atom stereocenters. The molecule has 0 fully saturated rings. The summed E-state index contributed by atoms with van der Waals surface area (Å²) >= 11 is 0. The molecule has 0 spiro atoms. The zero-order valence-corrected chi connectivity index (χ0v) is 8.43. The van der Waals surface area contributed by atoms with Gasteiger partial charge in [0, 0.05) is 6.08 Å². The van der Waals surface area contributed by atoms with Crippen LogP contribution in [0.2, 0.25) is 0 Å². The highest BCUT2D eigenvalue weighted by Gasteiger charge is 2.00. The number of rotatable bonds is 2. The molecule has 70 valence electrons. The minimum atomic E-state index is -0.977. The van der Waals surface area contributed by atoms with Crippen molar-refractivity contribution < 1.29 is 9.90 Å². The number of hydrogen-bond donors (Lipinski definition) is 1. The molecule has 0 saturated heterocycles. The van der Waals surface area contributed by atoms with Crippen LogP contribution < -0.4 is 0 Å². The highest BCUT2D eigenvalue weighted by Crippen LogP contribution is 1.98. The van der Waals surface area contributed by atoms with Gasteiger partial charge in [0.2, 0.25) is 0 Å². The van der Waals surface area contributed by atoms with Gasteiger partial charge >= 0.3 is 5.97 Å². The average molecular weight is 178 g/mol. The molecule has 0 aliphatic rings. The standard InChI is InChI=1S/C11H14O2/c1-8(2)5-6-10(11(12)13)7-9(3)4/h6H,1-4H3,(H,12,13). The fourth-order valence-corrected chi connectivity index (χ4v) is 0.637. The van der Waals surface area contributed by atoms with E-state index in [0.29, 0.717) is 0 Å². The first-order valence-corrected chi connectivity index (χ1v) is 4.01. The van der Waals surface area contributed by atoms with E-state index in [9.17, 15) is 4.79 Å². The molecule has 0 aliphatic carbocycles. The van der Waals surface area contributed by atoms with Crippen LogP contribution in [0.1, 0.15) is 27.7 Å². The molecular weight excluding hydrogens is 164 g/mol. The first-order valence-electron chi connectivity index (χ1n) is 4.01. The van der Waals surface area contributed by atoms with Crippen molar-refractivity contribution in [3.05, 3.63) is 34.3 Å². The van der Waals surface area contributed by atoms with Crippen LogP contribution in [0.5, 0.6) is 0 Å². The Morgan fingerprint density at radius 3 is 2.00 bits per heavy atom. The van der Waals surface area contributed by atoms with E-state index in [4.69, 9.17) is 5.11 Å². The summed E-state index contributed by atoms with van der Waals surface area (Å²) in [7, 11) is 0. The van der Waals surface area contributed by atoms with Crippen molar-refractivity contribution in [3.8, 4) is 0 Å². The van der Waals surface area contributed by atoms with Gasteiger partial charge in [0.25, 0.3) is 0 Å². The number of aliphatic carboxylic acids is 1. The van der Waals surface area contributed by atoms with E-state index in [-0.39, 0.29) is 5.57 Å². The van der Waals surface area contributed by atoms with E-state index in [1.807, 2.05) is 13.8 Å². The Hall–Kier alpha value is -1.49. The summed E-state index contributed by atoms with van der Waals surface area (Å²) in [5.74, 6) is -0.977. The van der Waals surface area contributed by atoms with E-state index in [1.54, 1.807) is 13.8 Å². The second-order valence-electron chi connectivity index (χ2n) is 3.13. The van der Waals surface area contributed by atoms with E-state index in [2.05, 4.69) is 11.5 Å². The van der Waals surface area contributed by atoms with Gasteiger partial charge in [-0.15, -0.1) is 11.5 Å². The van der Waals surface area contributed by atoms with Crippen molar-refractivity contribution in [2.45, 2.75) is 27.7 Å². The van der Waals surface area contributed by atoms with Gasteiger partial charge in [0.15, 0.2) is 0 Å². The van der Waals surface area contributed by atoms with E-state index < -0.39 is 5.97 Å².